The molecule has 0 aliphatic heterocycles. The first-order chi connectivity index (χ1) is 14.7. The van der Waals surface area contributed by atoms with Crippen molar-refractivity contribution in [2.24, 2.45) is 5.92 Å². The van der Waals surface area contributed by atoms with Crippen LogP contribution in [0.25, 0.3) is 10.9 Å². The van der Waals surface area contributed by atoms with E-state index in [0.29, 0.717) is 22.9 Å². The Balaban J connectivity index is 2.08. The predicted octanol–water partition coefficient (Wildman–Crippen LogP) is 4.84. The summed E-state index contributed by atoms with van der Waals surface area (Å²) in [5.41, 5.74) is 1.40. The van der Waals surface area contributed by atoms with Crippen LogP contribution in [0.3, 0.4) is 0 Å². The van der Waals surface area contributed by atoms with Crippen molar-refractivity contribution in [1.29, 1.82) is 0 Å². The van der Waals surface area contributed by atoms with Crippen LogP contribution in [0.2, 0.25) is 0 Å². The predicted molar refractivity (Wildman–Crippen MR) is 118 cm³/mol. The zero-order valence-electron chi connectivity index (χ0n) is 17.9. The number of ether oxygens (including phenoxy) is 1. The van der Waals surface area contributed by atoms with Gasteiger partial charge in [-0.15, -0.1) is 0 Å². The minimum Gasteiger partial charge on any atom is -0.443 e. The van der Waals surface area contributed by atoms with E-state index in [4.69, 9.17) is 4.74 Å². The second-order valence-electron chi connectivity index (χ2n) is 8.56. The van der Waals surface area contributed by atoms with Gasteiger partial charge in [-0.05, 0) is 44.4 Å². The number of aromatic nitrogens is 1. The van der Waals surface area contributed by atoms with E-state index in [-0.39, 0.29) is 0 Å². The van der Waals surface area contributed by atoms with Crippen molar-refractivity contribution >= 4 is 23.3 Å². The number of hydrogen-bond acceptors (Lipinski definition) is 5. The molecule has 0 amide bonds. The lowest BCUT2D eigenvalue weighted by atomic mass is 9.83. The molecule has 1 unspecified atom stereocenters. The van der Waals surface area contributed by atoms with Crippen molar-refractivity contribution in [3.63, 3.8) is 0 Å². The van der Waals surface area contributed by atoms with Crippen molar-refractivity contribution in [2.75, 3.05) is 6.54 Å². The Morgan fingerprint density at radius 1 is 1.13 bits per heavy atom. The fourth-order valence-corrected chi connectivity index (χ4v) is 3.76. The second kappa shape index (κ2) is 9.12. The fourth-order valence-electron chi connectivity index (χ4n) is 3.76. The van der Waals surface area contributed by atoms with Gasteiger partial charge in [0, 0.05) is 22.4 Å². The molecule has 0 spiro atoms. The molecule has 0 radical (unpaired) electrons. The van der Waals surface area contributed by atoms with Crippen molar-refractivity contribution in [3.8, 4) is 0 Å². The molecular formula is C24H26N2O5. The third-order valence-corrected chi connectivity index (χ3v) is 5.08. The summed E-state index contributed by atoms with van der Waals surface area (Å²) in [5.74, 6) is -1.31. The fraction of sp³-hybridized carbons (Fsp3) is 0.333. The van der Waals surface area contributed by atoms with E-state index in [2.05, 4.69) is 0 Å². The second-order valence-corrected chi connectivity index (χ2v) is 8.56. The molecule has 0 aliphatic carbocycles. The molecule has 31 heavy (non-hydrogen) atoms. The number of rotatable bonds is 7. The molecule has 3 aromatic rings. The van der Waals surface area contributed by atoms with Crippen molar-refractivity contribution in [2.45, 2.75) is 38.7 Å². The molecule has 0 saturated heterocycles. The van der Waals surface area contributed by atoms with Gasteiger partial charge in [0.1, 0.15) is 11.9 Å². The zero-order chi connectivity index (χ0) is 22.6. The molecule has 1 heterocycles. The lowest BCUT2D eigenvalue weighted by molar-refractivity contribution is -0.484. The average molecular weight is 422 g/mol. The van der Waals surface area contributed by atoms with Gasteiger partial charge in [0.2, 0.25) is 6.54 Å². The Morgan fingerprint density at radius 3 is 2.39 bits per heavy atom. The maximum Gasteiger partial charge on any atom is 0.419 e. The number of para-hydroxylation sites is 1. The highest BCUT2D eigenvalue weighted by Gasteiger charge is 2.32. The number of hydrogen-bond donors (Lipinski definition) is 0. The highest BCUT2D eigenvalue weighted by Crippen LogP contribution is 2.34. The van der Waals surface area contributed by atoms with Crippen LogP contribution in [0.15, 0.2) is 60.8 Å². The van der Waals surface area contributed by atoms with Crippen LogP contribution >= 0.6 is 0 Å². The van der Waals surface area contributed by atoms with Gasteiger partial charge in [-0.1, -0.05) is 48.5 Å². The molecule has 0 bridgehead atoms. The molecule has 2 atom stereocenters. The maximum absolute atomic E-state index is 12.8. The monoisotopic (exact) mass is 422 g/mol. The van der Waals surface area contributed by atoms with Crippen LogP contribution in [-0.2, 0) is 16.0 Å². The van der Waals surface area contributed by atoms with E-state index in [1.807, 2.05) is 42.5 Å². The summed E-state index contributed by atoms with van der Waals surface area (Å²) in [7, 11) is 0. The van der Waals surface area contributed by atoms with Crippen LogP contribution in [-0.4, -0.2) is 34.0 Å². The van der Waals surface area contributed by atoms with Crippen LogP contribution in [0, 0.1) is 16.0 Å². The highest BCUT2D eigenvalue weighted by atomic mass is 16.6. The molecule has 7 heteroatoms. The summed E-state index contributed by atoms with van der Waals surface area (Å²) in [6.45, 7) is 4.90. The van der Waals surface area contributed by atoms with Crippen LogP contribution < -0.4 is 0 Å². The summed E-state index contributed by atoms with van der Waals surface area (Å²) in [5, 5.41) is 12.2. The molecule has 1 aromatic heterocycles. The van der Waals surface area contributed by atoms with E-state index in [9.17, 15) is 19.7 Å². The van der Waals surface area contributed by atoms with Gasteiger partial charge < -0.3 is 9.53 Å². The number of carbonyl (C=O) groups is 2. The Labute approximate surface area is 180 Å². The molecule has 0 saturated carbocycles. The highest BCUT2D eigenvalue weighted by molar-refractivity contribution is 5.92. The van der Waals surface area contributed by atoms with Crippen LogP contribution in [0.1, 0.15) is 37.8 Å². The molecule has 7 nitrogen and oxygen atoms in total. The minimum absolute atomic E-state index is 0.370. The van der Waals surface area contributed by atoms with Crippen LogP contribution in [0.4, 0.5) is 4.79 Å². The zero-order valence-corrected chi connectivity index (χ0v) is 17.9. The molecule has 3 rings (SSSR count). The van der Waals surface area contributed by atoms with Crippen molar-refractivity contribution in [1.82, 2.24) is 4.57 Å². The van der Waals surface area contributed by atoms with Gasteiger partial charge in [-0.25, -0.2) is 4.79 Å². The lowest BCUT2D eigenvalue weighted by Crippen LogP contribution is -2.27. The summed E-state index contributed by atoms with van der Waals surface area (Å²) in [6, 6.07) is 16.6. The van der Waals surface area contributed by atoms with Gasteiger partial charge >= 0.3 is 6.09 Å². The molecule has 0 fully saturated rings. The van der Waals surface area contributed by atoms with Crippen molar-refractivity contribution < 1.29 is 19.2 Å². The van der Waals surface area contributed by atoms with E-state index < -0.39 is 35.0 Å². The summed E-state index contributed by atoms with van der Waals surface area (Å²) in [4.78, 5) is 35.9. The number of nitro groups is 1. The molecule has 0 N–H and O–H groups in total. The lowest BCUT2D eigenvalue weighted by Gasteiger charge is -2.20. The molecule has 162 valence electrons. The van der Waals surface area contributed by atoms with Gasteiger partial charge in [0.15, 0.2) is 0 Å². The van der Waals surface area contributed by atoms with Gasteiger partial charge in [0.25, 0.3) is 0 Å². The Hall–Kier alpha value is -3.48. The number of benzene rings is 2. The van der Waals surface area contributed by atoms with Gasteiger partial charge in [-0.2, -0.15) is 0 Å². The van der Waals surface area contributed by atoms with Gasteiger partial charge in [-0.3, -0.25) is 14.7 Å². The summed E-state index contributed by atoms with van der Waals surface area (Å²) in [6.07, 6.45) is 2.16. The van der Waals surface area contributed by atoms with Crippen molar-refractivity contribution in [3.05, 3.63) is 82.0 Å². The topological polar surface area (TPSA) is 91.4 Å². The largest absolute Gasteiger partial charge is 0.443 e. The number of nitrogens with zero attached hydrogens (tertiary/aromatic N) is 2. The molecular weight excluding hydrogens is 396 g/mol. The third-order valence-electron chi connectivity index (χ3n) is 5.08. The maximum atomic E-state index is 12.8. The smallest absolute Gasteiger partial charge is 0.419 e. The van der Waals surface area contributed by atoms with E-state index in [0.717, 1.165) is 11.8 Å². The van der Waals surface area contributed by atoms with Gasteiger partial charge in [0.05, 0.1) is 11.4 Å². The van der Waals surface area contributed by atoms with E-state index in [1.54, 1.807) is 39.1 Å². The first kappa shape index (κ1) is 22.2. The third kappa shape index (κ3) is 5.36. The summed E-state index contributed by atoms with van der Waals surface area (Å²) >= 11 is 0. The van der Waals surface area contributed by atoms with Crippen LogP contribution in [0.5, 0.6) is 0 Å². The molecule has 2 aromatic carbocycles. The van der Waals surface area contributed by atoms with E-state index in [1.165, 1.54) is 4.57 Å². The summed E-state index contributed by atoms with van der Waals surface area (Å²) < 4.78 is 6.88. The number of fused-ring (bicyclic) bond motifs is 1. The Morgan fingerprint density at radius 2 is 1.77 bits per heavy atom. The quantitative estimate of drug-likeness (QED) is 0.309. The van der Waals surface area contributed by atoms with E-state index >= 15 is 0 Å². The SMILES string of the molecule is CC(C)(C)OC(=O)n1cc(C(C[N+](=O)[O-])[C@@H](C=O)Cc2ccccc2)c2ccccc21. The first-order valence-corrected chi connectivity index (χ1v) is 10.1. The number of aldehydes is 1. The average Bonchev–Trinajstić information content (AvgIpc) is 3.09. The normalized spacial score (nSPS) is 13.5. The standard InChI is InChI=1S/C24H26N2O5/c1-24(2,3)31-23(28)25-14-21(19-11-7-8-12-22(19)25)20(15-26(29)30)18(16-27)13-17-9-5-4-6-10-17/h4-12,14,16,18,20H,13,15H2,1-3H3/t18-,20?/m1/s1. The first-order valence-electron chi connectivity index (χ1n) is 10.1. The minimum atomic E-state index is -0.693. The number of carbonyl (C=O) groups excluding carboxylic acids is 2. The Bertz CT molecular complexity index is 1080. The Kier molecular flexibility index (Phi) is 6.53. The molecule has 0 aliphatic rings.